The first kappa shape index (κ1) is 14.9. The zero-order valence-corrected chi connectivity index (χ0v) is 10.8. The molecule has 0 aromatic carbocycles. The number of hydrogen-bond acceptors (Lipinski definition) is 3. The first-order valence-corrected chi connectivity index (χ1v) is 5.55. The van der Waals surface area contributed by atoms with Gasteiger partial charge in [-0.2, -0.15) is 0 Å². The van der Waals surface area contributed by atoms with Crippen LogP contribution in [0.2, 0.25) is 0 Å². The van der Waals surface area contributed by atoms with Crippen molar-refractivity contribution in [2.24, 2.45) is 11.7 Å². The van der Waals surface area contributed by atoms with Crippen LogP contribution in [0, 0.1) is 5.92 Å². The Morgan fingerprint density at radius 1 is 1.25 bits per heavy atom. The average Bonchev–Trinajstić information content (AvgIpc) is 2.13. The molecule has 0 fully saturated rings. The zero-order valence-electron chi connectivity index (χ0n) is 10.8. The van der Waals surface area contributed by atoms with Crippen LogP contribution in [0.25, 0.3) is 0 Å². The van der Waals surface area contributed by atoms with Gasteiger partial charge in [0.25, 0.3) is 0 Å². The molecule has 0 saturated heterocycles. The summed E-state index contributed by atoms with van der Waals surface area (Å²) in [5, 5.41) is 2.72. The number of hydrogen-bond donors (Lipinski definition) is 2. The molecule has 3 N–H and O–H groups in total. The van der Waals surface area contributed by atoms with Crippen molar-refractivity contribution in [2.45, 2.75) is 39.8 Å². The van der Waals surface area contributed by atoms with Crippen LogP contribution in [-0.4, -0.2) is 42.4 Å². The fourth-order valence-corrected chi connectivity index (χ4v) is 1.20. The van der Waals surface area contributed by atoms with Crippen molar-refractivity contribution < 1.29 is 9.59 Å². The van der Waals surface area contributed by atoms with E-state index < -0.39 is 6.04 Å². The minimum atomic E-state index is -0.545. The number of nitrogens with zero attached hydrogens (tertiary/aromatic N) is 1. The van der Waals surface area contributed by atoms with Crippen LogP contribution in [-0.2, 0) is 9.59 Å². The molecule has 0 aliphatic carbocycles. The molecule has 2 amide bonds. The molecule has 5 nitrogen and oxygen atoms in total. The first-order valence-electron chi connectivity index (χ1n) is 5.55. The Morgan fingerprint density at radius 3 is 2.12 bits per heavy atom. The number of nitrogens with two attached hydrogens (primary N) is 1. The van der Waals surface area contributed by atoms with Crippen molar-refractivity contribution in [3.05, 3.63) is 0 Å². The van der Waals surface area contributed by atoms with E-state index in [0.717, 1.165) is 0 Å². The number of carbonyl (C=O) groups is 2. The molecule has 0 saturated carbocycles. The highest BCUT2D eigenvalue weighted by Gasteiger charge is 2.22. The molecule has 0 heterocycles. The Labute approximate surface area is 97.4 Å². The minimum Gasteiger partial charge on any atom is -0.352 e. The second-order valence-electron chi connectivity index (χ2n) is 4.69. The summed E-state index contributed by atoms with van der Waals surface area (Å²) in [6, 6.07) is -0.466. The van der Waals surface area contributed by atoms with Crippen molar-refractivity contribution >= 4 is 11.8 Å². The fraction of sp³-hybridized carbons (Fsp3) is 0.818. The molecule has 5 heteroatoms. The zero-order chi connectivity index (χ0) is 12.9. The Bertz CT molecular complexity index is 252. The van der Waals surface area contributed by atoms with Gasteiger partial charge < -0.3 is 16.0 Å². The molecule has 16 heavy (non-hydrogen) atoms. The molecule has 0 radical (unpaired) electrons. The van der Waals surface area contributed by atoms with Gasteiger partial charge in [0.1, 0.15) is 0 Å². The molecule has 94 valence electrons. The van der Waals surface area contributed by atoms with E-state index in [1.165, 1.54) is 4.90 Å². The highest BCUT2D eigenvalue weighted by molar-refractivity contribution is 5.87. The molecule has 0 aliphatic heterocycles. The van der Waals surface area contributed by atoms with Crippen LogP contribution in [0.15, 0.2) is 0 Å². The second-order valence-corrected chi connectivity index (χ2v) is 4.69. The molecular weight excluding hydrogens is 206 g/mol. The Balaban J connectivity index is 4.20. The SMILES string of the molecule is CC(C)NC(=O)CN(C)C(=O)C(N)C(C)C. The Kier molecular flexibility index (Phi) is 6.03. The maximum absolute atomic E-state index is 11.7. The minimum absolute atomic E-state index is 0.0530. The Morgan fingerprint density at radius 2 is 1.75 bits per heavy atom. The third kappa shape index (κ3) is 5.11. The summed E-state index contributed by atoms with van der Waals surface area (Å²) in [5.74, 6) is -0.293. The van der Waals surface area contributed by atoms with Gasteiger partial charge in [-0.05, 0) is 19.8 Å². The maximum Gasteiger partial charge on any atom is 0.239 e. The van der Waals surface area contributed by atoms with Crippen LogP contribution in [0.5, 0.6) is 0 Å². The quantitative estimate of drug-likeness (QED) is 0.694. The van der Waals surface area contributed by atoms with Gasteiger partial charge in [0, 0.05) is 13.1 Å². The standard InChI is InChI=1S/C11H23N3O2/c1-7(2)10(12)11(16)14(5)6-9(15)13-8(3)4/h7-8,10H,6,12H2,1-5H3,(H,13,15). The lowest BCUT2D eigenvalue weighted by molar-refractivity contribution is -0.136. The molecule has 0 aromatic heterocycles. The Hall–Kier alpha value is -1.10. The summed E-state index contributed by atoms with van der Waals surface area (Å²) >= 11 is 0. The van der Waals surface area contributed by atoms with E-state index in [2.05, 4.69) is 5.32 Å². The van der Waals surface area contributed by atoms with Gasteiger partial charge >= 0.3 is 0 Å². The maximum atomic E-state index is 11.7. The summed E-state index contributed by atoms with van der Waals surface area (Å²) in [4.78, 5) is 24.5. The van der Waals surface area contributed by atoms with Gasteiger partial charge in [0.2, 0.25) is 11.8 Å². The fourth-order valence-electron chi connectivity index (χ4n) is 1.20. The van der Waals surface area contributed by atoms with Gasteiger partial charge in [-0.1, -0.05) is 13.8 Å². The van der Waals surface area contributed by atoms with Gasteiger partial charge in [-0.3, -0.25) is 9.59 Å². The number of amides is 2. The van der Waals surface area contributed by atoms with Crippen LogP contribution in [0.4, 0.5) is 0 Å². The average molecular weight is 229 g/mol. The molecular formula is C11H23N3O2. The van der Waals surface area contributed by atoms with E-state index in [-0.39, 0.29) is 30.3 Å². The predicted molar refractivity (Wildman–Crippen MR) is 63.7 cm³/mol. The van der Waals surface area contributed by atoms with Crippen molar-refractivity contribution in [3.8, 4) is 0 Å². The van der Waals surface area contributed by atoms with Gasteiger partial charge in [-0.15, -0.1) is 0 Å². The number of carbonyl (C=O) groups excluding carboxylic acids is 2. The first-order chi connectivity index (χ1) is 7.25. The van der Waals surface area contributed by atoms with Crippen LogP contribution in [0.1, 0.15) is 27.7 Å². The molecule has 0 spiro atoms. The van der Waals surface area contributed by atoms with E-state index >= 15 is 0 Å². The third-order valence-electron chi connectivity index (χ3n) is 2.21. The third-order valence-corrected chi connectivity index (χ3v) is 2.21. The number of likely N-dealkylation sites (N-methyl/N-ethyl adjacent to an activating group) is 1. The predicted octanol–water partition coefficient (Wildman–Crippen LogP) is -0.0473. The highest BCUT2D eigenvalue weighted by atomic mass is 16.2. The summed E-state index contributed by atoms with van der Waals surface area (Å²) < 4.78 is 0. The molecule has 0 aromatic rings. The normalized spacial score (nSPS) is 12.8. The molecule has 0 bridgehead atoms. The smallest absolute Gasteiger partial charge is 0.239 e. The van der Waals surface area contributed by atoms with Gasteiger partial charge in [0.15, 0.2) is 0 Å². The topological polar surface area (TPSA) is 75.4 Å². The summed E-state index contributed by atoms with van der Waals surface area (Å²) in [7, 11) is 1.59. The monoisotopic (exact) mass is 229 g/mol. The van der Waals surface area contributed by atoms with Crippen LogP contribution < -0.4 is 11.1 Å². The van der Waals surface area contributed by atoms with Gasteiger partial charge in [0.05, 0.1) is 12.6 Å². The van der Waals surface area contributed by atoms with Gasteiger partial charge in [-0.25, -0.2) is 0 Å². The van der Waals surface area contributed by atoms with Crippen molar-refractivity contribution in [3.63, 3.8) is 0 Å². The number of nitrogens with one attached hydrogen (secondary N) is 1. The number of rotatable bonds is 5. The van der Waals surface area contributed by atoms with Crippen molar-refractivity contribution in [1.82, 2.24) is 10.2 Å². The van der Waals surface area contributed by atoms with Crippen molar-refractivity contribution in [2.75, 3.05) is 13.6 Å². The summed E-state index contributed by atoms with van der Waals surface area (Å²) in [5.41, 5.74) is 5.71. The highest BCUT2D eigenvalue weighted by Crippen LogP contribution is 2.01. The van der Waals surface area contributed by atoms with E-state index in [1.54, 1.807) is 7.05 Å². The van der Waals surface area contributed by atoms with E-state index in [0.29, 0.717) is 0 Å². The second kappa shape index (κ2) is 6.48. The largest absolute Gasteiger partial charge is 0.352 e. The molecule has 1 atom stereocenters. The van der Waals surface area contributed by atoms with Crippen LogP contribution in [0.3, 0.4) is 0 Å². The lowest BCUT2D eigenvalue weighted by Gasteiger charge is -2.23. The van der Waals surface area contributed by atoms with E-state index in [4.69, 9.17) is 5.73 Å². The molecule has 0 rings (SSSR count). The lowest BCUT2D eigenvalue weighted by atomic mass is 10.0. The lowest BCUT2D eigenvalue weighted by Crippen LogP contribution is -2.48. The summed E-state index contributed by atoms with van der Waals surface area (Å²) in [6.45, 7) is 7.56. The summed E-state index contributed by atoms with van der Waals surface area (Å²) in [6.07, 6.45) is 0. The molecule has 1 unspecified atom stereocenters. The van der Waals surface area contributed by atoms with Crippen molar-refractivity contribution in [1.29, 1.82) is 0 Å². The van der Waals surface area contributed by atoms with E-state index in [9.17, 15) is 9.59 Å². The van der Waals surface area contributed by atoms with Crippen LogP contribution >= 0.6 is 0 Å². The van der Waals surface area contributed by atoms with E-state index in [1.807, 2.05) is 27.7 Å². The molecule has 0 aliphatic rings.